The van der Waals surface area contributed by atoms with Crippen molar-refractivity contribution >= 4 is 11.9 Å². The van der Waals surface area contributed by atoms with Gasteiger partial charge in [-0.15, -0.1) is 0 Å². The van der Waals surface area contributed by atoms with E-state index in [2.05, 4.69) is 0 Å². The average Bonchev–Trinajstić information content (AvgIpc) is 3.23. The summed E-state index contributed by atoms with van der Waals surface area (Å²) in [4.78, 5) is 26.6. The minimum Gasteiger partial charge on any atom is -0.497 e. The molecule has 1 saturated carbocycles. The molecule has 3 rings (SSSR count). The van der Waals surface area contributed by atoms with Crippen molar-refractivity contribution in [1.82, 2.24) is 4.90 Å². The fourth-order valence-corrected chi connectivity index (χ4v) is 4.14. The van der Waals surface area contributed by atoms with E-state index >= 15 is 0 Å². The normalized spacial score (nSPS) is 25.7. The van der Waals surface area contributed by atoms with Gasteiger partial charge >= 0.3 is 5.97 Å². The maximum absolute atomic E-state index is 13.4. The van der Waals surface area contributed by atoms with E-state index in [1.54, 1.807) is 18.9 Å². The molecule has 24 heavy (non-hydrogen) atoms. The van der Waals surface area contributed by atoms with E-state index in [1.807, 2.05) is 24.3 Å². The summed E-state index contributed by atoms with van der Waals surface area (Å²) >= 11 is 0. The molecule has 0 bridgehead atoms. The van der Waals surface area contributed by atoms with Crippen LogP contribution < -0.4 is 4.74 Å². The number of rotatable bonds is 4. The van der Waals surface area contributed by atoms with Crippen molar-refractivity contribution in [3.05, 3.63) is 29.8 Å². The number of carboxylic acids is 1. The fourth-order valence-electron chi connectivity index (χ4n) is 4.14. The van der Waals surface area contributed by atoms with Crippen LogP contribution in [0.4, 0.5) is 0 Å². The molecule has 1 N–H and O–H groups in total. The molecule has 2 fully saturated rings. The molecule has 0 aromatic heterocycles. The monoisotopic (exact) mass is 331 g/mol. The first-order valence-electron chi connectivity index (χ1n) is 8.59. The number of aliphatic carboxylic acids is 1. The minimum atomic E-state index is -0.830. The van der Waals surface area contributed by atoms with Gasteiger partial charge in [0.05, 0.1) is 17.9 Å². The maximum atomic E-state index is 13.4. The molecule has 1 aliphatic heterocycles. The Kier molecular flexibility index (Phi) is 4.28. The maximum Gasteiger partial charge on any atom is 0.311 e. The van der Waals surface area contributed by atoms with Crippen LogP contribution in [0.5, 0.6) is 5.75 Å². The van der Waals surface area contributed by atoms with Gasteiger partial charge in [-0.2, -0.15) is 0 Å². The van der Waals surface area contributed by atoms with Crippen LogP contribution in [0, 0.1) is 5.41 Å². The van der Waals surface area contributed by atoms with Crippen LogP contribution in [-0.4, -0.2) is 42.1 Å². The van der Waals surface area contributed by atoms with Gasteiger partial charge in [0.2, 0.25) is 5.91 Å². The standard InChI is InChI=1S/C19H25NO4/c1-18(17(22)23)10-11-20(13-18)16(21)19(8-3-4-9-19)14-6-5-7-15(12-14)24-2/h5-7,12H,3-4,8-11,13H2,1-2H3,(H,22,23)/t18-/m1/s1. The Labute approximate surface area is 142 Å². The summed E-state index contributed by atoms with van der Waals surface area (Å²) in [7, 11) is 1.63. The summed E-state index contributed by atoms with van der Waals surface area (Å²) in [6, 6.07) is 7.76. The Morgan fingerprint density at radius 1 is 1.21 bits per heavy atom. The van der Waals surface area contributed by atoms with Crippen molar-refractivity contribution in [3.63, 3.8) is 0 Å². The van der Waals surface area contributed by atoms with Crippen LogP contribution in [0.2, 0.25) is 0 Å². The van der Waals surface area contributed by atoms with Gasteiger partial charge < -0.3 is 14.7 Å². The smallest absolute Gasteiger partial charge is 0.311 e. The molecule has 1 amide bonds. The first-order chi connectivity index (χ1) is 11.4. The molecule has 0 unspecified atom stereocenters. The first kappa shape index (κ1) is 16.8. The summed E-state index contributed by atoms with van der Waals surface area (Å²) in [6.45, 7) is 2.55. The van der Waals surface area contributed by atoms with Crippen LogP contribution in [0.1, 0.15) is 44.6 Å². The lowest BCUT2D eigenvalue weighted by Gasteiger charge is -2.33. The summed E-state index contributed by atoms with van der Waals surface area (Å²) in [5, 5.41) is 9.43. The zero-order valence-corrected chi connectivity index (χ0v) is 14.4. The second kappa shape index (κ2) is 6.11. The van der Waals surface area contributed by atoms with Crippen LogP contribution in [0.3, 0.4) is 0 Å². The van der Waals surface area contributed by atoms with Crippen molar-refractivity contribution < 1.29 is 19.4 Å². The van der Waals surface area contributed by atoms with Crippen LogP contribution in [0.15, 0.2) is 24.3 Å². The molecule has 1 atom stereocenters. The molecular formula is C19H25NO4. The summed E-state index contributed by atoms with van der Waals surface area (Å²) in [6.07, 6.45) is 4.20. The highest BCUT2D eigenvalue weighted by molar-refractivity contribution is 5.90. The van der Waals surface area contributed by atoms with Crippen molar-refractivity contribution in [3.8, 4) is 5.75 Å². The number of benzene rings is 1. The largest absolute Gasteiger partial charge is 0.497 e. The third-order valence-corrected chi connectivity index (χ3v) is 5.77. The molecule has 1 aromatic carbocycles. The predicted molar refractivity (Wildman–Crippen MR) is 90.1 cm³/mol. The predicted octanol–water partition coefficient (Wildman–Crippen LogP) is 2.83. The van der Waals surface area contributed by atoms with E-state index in [0.717, 1.165) is 37.0 Å². The highest BCUT2D eigenvalue weighted by Crippen LogP contribution is 2.45. The quantitative estimate of drug-likeness (QED) is 0.921. The zero-order valence-electron chi connectivity index (χ0n) is 14.4. The van der Waals surface area contributed by atoms with E-state index in [-0.39, 0.29) is 5.91 Å². The van der Waals surface area contributed by atoms with Crippen molar-refractivity contribution in [2.75, 3.05) is 20.2 Å². The number of carbonyl (C=O) groups is 2. The van der Waals surface area contributed by atoms with Gasteiger partial charge in [-0.1, -0.05) is 25.0 Å². The zero-order chi connectivity index (χ0) is 17.4. The number of hydrogen-bond acceptors (Lipinski definition) is 3. The molecule has 130 valence electrons. The Bertz CT molecular complexity index is 651. The third kappa shape index (κ3) is 2.66. The van der Waals surface area contributed by atoms with Crippen molar-refractivity contribution in [2.24, 2.45) is 5.41 Å². The lowest BCUT2D eigenvalue weighted by atomic mass is 9.77. The number of ether oxygens (including phenoxy) is 1. The van der Waals surface area contributed by atoms with Gasteiger partial charge in [0.1, 0.15) is 5.75 Å². The number of likely N-dealkylation sites (tertiary alicyclic amines) is 1. The van der Waals surface area contributed by atoms with Crippen LogP contribution >= 0.6 is 0 Å². The molecule has 0 radical (unpaired) electrons. The lowest BCUT2D eigenvalue weighted by Crippen LogP contribution is -2.45. The van der Waals surface area contributed by atoms with E-state index in [4.69, 9.17) is 4.74 Å². The molecule has 0 spiro atoms. The molecule has 5 heteroatoms. The van der Waals surface area contributed by atoms with Gasteiger partial charge in [-0.05, 0) is 43.9 Å². The second-order valence-electron chi connectivity index (χ2n) is 7.36. The highest BCUT2D eigenvalue weighted by atomic mass is 16.5. The third-order valence-electron chi connectivity index (χ3n) is 5.77. The molecule has 1 heterocycles. The summed E-state index contributed by atoms with van der Waals surface area (Å²) < 4.78 is 5.33. The number of nitrogens with zero attached hydrogens (tertiary/aromatic N) is 1. The topological polar surface area (TPSA) is 66.8 Å². The molecule has 5 nitrogen and oxygen atoms in total. The number of carboxylic acid groups (broad SMARTS) is 1. The minimum absolute atomic E-state index is 0.0817. The van der Waals surface area contributed by atoms with Gasteiger partial charge in [0.15, 0.2) is 0 Å². The SMILES string of the molecule is COc1cccc(C2(C(=O)N3CC[C@@](C)(C(=O)O)C3)CCCC2)c1. The number of methoxy groups -OCH3 is 1. The van der Waals surface area contributed by atoms with E-state index in [9.17, 15) is 14.7 Å². The van der Waals surface area contributed by atoms with Gasteiger partial charge in [0.25, 0.3) is 0 Å². The number of hydrogen-bond donors (Lipinski definition) is 1. The van der Waals surface area contributed by atoms with Crippen molar-refractivity contribution in [1.29, 1.82) is 0 Å². The number of amides is 1. The van der Waals surface area contributed by atoms with E-state index in [0.29, 0.717) is 19.5 Å². The molecule has 2 aliphatic rings. The Morgan fingerprint density at radius 3 is 2.50 bits per heavy atom. The molecular weight excluding hydrogens is 306 g/mol. The highest BCUT2D eigenvalue weighted by Gasteiger charge is 2.49. The second-order valence-corrected chi connectivity index (χ2v) is 7.36. The number of carbonyl (C=O) groups excluding carboxylic acids is 1. The van der Waals surface area contributed by atoms with Gasteiger partial charge in [-0.25, -0.2) is 0 Å². The summed E-state index contributed by atoms with van der Waals surface area (Å²) in [5.74, 6) is 0.0150. The van der Waals surface area contributed by atoms with Crippen LogP contribution in [0.25, 0.3) is 0 Å². The molecule has 1 saturated heterocycles. The molecule has 1 aromatic rings. The Hall–Kier alpha value is -2.04. The average molecular weight is 331 g/mol. The Morgan fingerprint density at radius 2 is 1.92 bits per heavy atom. The fraction of sp³-hybridized carbons (Fsp3) is 0.579. The lowest BCUT2D eigenvalue weighted by molar-refractivity contribution is -0.147. The molecule has 1 aliphatic carbocycles. The van der Waals surface area contributed by atoms with Crippen LogP contribution in [-0.2, 0) is 15.0 Å². The van der Waals surface area contributed by atoms with E-state index < -0.39 is 16.8 Å². The first-order valence-corrected chi connectivity index (χ1v) is 8.59. The van der Waals surface area contributed by atoms with Gasteiger partial charge in [-0.3, -0.25) is 9.59 Å². The van der Waals surface area contributed by atoms with Gasteiger partial charge in [0, 0.05) is 13.1 Å². The van der Waals surface area contributed by atoms with Crippen molar-refractivity contribution in [2.45, 2.75) is 44.4 Å². The Balaban J connectivity index is 1.91. The summed E-state index contributed by atoms with van der Waals surface area (Å²) in [5.41, 5.74) is -0.365. The van der Waals surface area contributed by atoms with E-state index in [1.165, 1.54) is 0 Å².